The van der Waals surface area contributed by atoms with Gasteiger partial charge in [-0.1, -0.05) is 0 Å². The number of anilines is 1. The summed E-state index contributed by atoms with van der Waals surface area (Å²) in [5.41, 5.74) is 6.02. The quantitative estimate of drug-likeness (QED) is 0.840. The zero-order valence-electron chi connectivity index (χ0n) is 10.7. The molecule has 0 unspecified atom stereocenters. The van der Waals surface area contributed by atoms with Crippen LogP contribution in [0, 0.1) is 0 Å². The Bertz CT molecular complexity index is 546. The van der Waals surface area contributed by atoms with Gasteiger partial charge in [-0.25, -0.2) is 8.42 Å². The predicted molar refractivity (Wildman–Crippen MR) is 73.3 cm³/mol. The highest BCUT2D eigenvalue weighted by Crippen LogP contribution is 2.15. The summed E-state index contributed by atoms with van der Waals surface area (Å²) < 4.78 is 24.2. The Morgan fingerprint density at radius 3 is 2.26 bits per heavy atom. The molecule has 6 heteroatoms. The summed E-state index contributed by atoms with van der Waals surface area (Å²) >= 11 is 0. The second kappa shape index (κ2) is 5.61. The van der Waals surface area contributed by atoms with E-state index in [-0.39, 0.29) is 10.8 Å². The smallest absolute Gasteiger partial charge is 0.238 e. The van der Waals surface area contributed by atoms with Crippen molar-refractivity contribution >= 4 is 21.4 Å². The van der Waals surface area contributed by atoms with E-state index in [2.05, 4.69) is 0 Å². The summed E-state index contributed by atoms with van der Waals surface area (Å²) in [7, 11) is -3.57. The summed E-state index contributed by atoms with van der Waals surface area (Å²) in [6.45, 7) is 1.33. The molecule has 2 rings (SSSR count). The molecule has 0 aliphatic carbocycles. The Morgan fingerprint density at radius 2 is 1.68 bits per heavy atom. The molecule has 0 bridgehead atoms. The molecule has 1 fully saturated rings. The lowest BCUT2D eigenvalue weighted by Gasteiger charge is -2.26. The molecule has 0 spiro atoms. The van der Waals surface area contributed by atoms with E-state index in [0.29, 0.717) is 18.8 Å². The van der Waals surface area contributed by atoms with Gasteiger partial charge in [0, 0.05) is 18.8 Å². The molecule has 0 radical (unpaired) electrons. The van der Waals surface area contributed by atoms with Gasteiger partial charge in [-0.3, -0.25) is 4.79 Å². The predicted octanol–water partition coefficient (Wildman–Crippen LogP) is 1.05. The molecule has 19 heavy (non-hydrogen) atoms. The van der Waals surface area contributed by atoms with Crippen molar-refractivity contribution in [3.63, 3.8) is 0 Å². The highest BCUT2D eigenvalue weighted by molar-refractivity contribution is 7.92. The van der Waals surface area contributed by atoms with Crippen molar-refractivity contribution in [2.75, 3.05) is 24.6 Å². The first-order valence-electron chi connectivity index (χ1n) is 6.35. The Morgan fingerprint density at radius 1 is 1.11 bits per heavy atom. The molecule has 1 aliphatic heterocycles. The topological polar surface area (TPSA) is 80.5 Å². The van der Waals surface area contributed by atoms with Crippen LogP contribution in [-0.2, 0) is 14.6 Å². The van der Waals surface area contributed by atoms with Crippen LogP contribution in [0.1, 0.15) is 19.3 Å². The number of carbonyl (C=O) groups excluding carboxylic acids is 1. The lowest BCUT2D eigenvalue weighted by Crippen LogP contribution is -2.39. The van der Waals surface area contributed by atoms with Gasteiger partial charge < -0.3 is 10.6 Å². The maximum Gasteiger partial charge on any atom is 0.238 e. The fourth-order valence-electron chi connectivity index (χ4n) is 2.16. The standard InChI is InChI=1S/C13H18N2O3S/c14-11-4-6-12(7-5-11)19(17,18)10-13(16)15-8-2-1-3-9-15/h4-7H,1-3,8-10,14H2. The number of benzene rings is 1. The molecule has 0 saturated carbocycles. The highest BCUT2D eigenvalue weighted by Gasteiger charge is 2.24. The number of piperidine rings is 1. The fourth-order valence-corrected chi connectivity index (χ4v) is 3.38. The molecule has 5 nitrogen and oxygen atoms in total. The lowest BCUT2D eigenvalue weighted by molar-refractivity contribution is -0.129. The van der Waals surface area contributed by atoms with Gasteiger partial charge in [0.25, 0.3) is 0 Å². The third-order valence-electron chi connectivity index (χ3n) is 3.26. The van der Waals surface area contributed by atoms with E-state index < -0.39 is 15.6 Å². The molecule has 1 aliphatic rings. The Balaban J connectivity index is 2.08. The maximum atomic E-state index is 12.1. The van der Waals surface area contributed by atoms with Crippen LogP contribution >= 0.6 is 0 Å². The van der Waals surface area contributed by atoms with Gasteiger partial charge >= 0.3 is 0 Å². The van der Waals surface area contributed by atoms with Crippen molar-refractivity contribution in [1.82, 2.24) is 4.90 Å². The molecular formula is C13H18N2O3S. The van der Waals surface area contributed by atoms with Gasteiger partial charge in [0.1, 0.15) is 5.75 Å². The molecule has 0 aromatic heterocycles. The average molecular weight is 282 g/mol. The van der Waals surface area contributed by atoms with E-state index in [9.17, 15) is 13.2 Å². The first kappa shape index (κ1) is 13.9. The number of rotatable bonds is 3. The maximum absolute atomic E-state index is 12.1. The molecule has 1 aromatic rings. The highest BCUT2D eigenvalue weighted by atomic mass is 32.2. The number of hydrogen-bond acceptors (Lipinski definition) is 4. The van der Waals surface area contributed by atoms with Crippen molar-refractivity contribution in [1.29, 1.82) is 0 Å². The Hall–Kier alpha value is -1.56. The zero-order chi connectivity index (χ0) is 13.9. The van der Waals surface area contributed by atoms with Crippen LogP contribution in [0.2, 0.25) is 0 Å². The van der Waals surface area contributed by atoms with Crippen LogP contribution in [0.5, 0.6) is 0 Å². The van der Waals surface area contributed by atoms with Gasteiger partial charge in [0.15, 0.2) is 9.84 Å². The molecule has 1 saturated heterocycles. The number of nitrogen functional groups attached to an aromatic ring is 1. The number of carbonyl (C=O) groups is 1. The van der Waals surface area contributed by atoms with Crippen LogP contribution in [0.15, 0.2) is 29.2 Å². The number of likely N-dealkylation sites (tertiary alicyclic amines) is 1. The number of amides is 1. The van der Waals surface area contributed by atoms with Gasteiger partial charge in [0.2, 0.25) is 5.91 Å². The number of sulfone groups is 1. The monoisotopic (exact) mass is 282 g/mol. The molecule has 2 N–H and O–H groups in total. The van der Waals surface area contributed by atoms with Crippen LogP contribution in [0.3, 0.4) is 0 Å². The van der Waals surface area contributed by atoms with E-state index in [1.54, 1.807) is 4.90 Å². The van der Waals surface area contributed by atoms with Crippen LogP contribution in [0.4, 0.5) is 5.69 Å². The molecule has 1 aromatic carbocycles. The lowest BCUT2D eigenvalue weighted by atomic mass is 10.1. The normalized spacial score (nSPS) is 16.3. The Labute approximate surface area is 113 Å². The first-order valence-corrected chi connectivity index (χ1v) is 8.00. The van der Waals surface area contributed by atoms with Crippen LogP contribution in [0.25, 0.3) is 0 Å². The van der Waals surface area contributed by atoms with Gasteiger partial charge in [0.05, 0.1) is 4.90 Å². The second-order valence-corrected chi connectivity index (χ2v) is 6.76. The number of hydrogen-bond donors (Lipinski definition) is 1. The second-order valence-electron chi connectivity index (χ2n) is 4.77. The molecule has 1 amide bonds. The number of nitrogens with two attached hydrogens (primary N) is 1. The SMILES string of the molecule is Nc1ccc(S(=O)(=O)CC(=O)N2CCCCC2)cc1. The first-order chi connectivity index (χ1) is 8.99. The summed E-state index contributed by atoms with van der Waals surface area (Å²) in [6.07, 6.45) is 3.01. The number of nitrogens with zero attached hydrogens (tertiary/aromatic N) is 1. The Kier molecular flexibility index (Phi) is 4.09. The van der Waals surface area contributed by atoms with Gasteiger partial charge in [-0.2, -0.15) is 0 Å². The van der Waals surface area contributed by atoms with Gasteiger partial charge in [-0.15, -0.1) is 0 Å². The van der Waals surface area contributed by atoms with Crippen molar-refractivity contribution < 1.29 is 13.2 Å². The van der Waals surface area contributed by atoms with Crippen molar-refractivity contribution in [2.24, 2.45) is 0 Å². The third-order valence-corrected chi connectivity index (χ3v) is 4.88. The largest absolute Gasteiger partial charge is 0.399 e. The van der Waals surface area contributed by atoms with Crippen LogP contribution in [-0.4, -0.2) is 38.1 Å². The summed E-state index contributed by atoms with van der Waals surface area (Å²) in [6, 6.07) is 5.93. The molecule has 1 heterocycles. The van der Waals surface area contributed by atoms with E-state index in [4.69, 9.17) is 5.73 Å². The summed E-state index contributed by atoms with van der Waals surface area (Å²) in [5.74, 6) is -0.770. The third kappa shape index (κ3) is 3.47. The minimum Gasteiger partial charge on any atom is -0.399 e. The molecule has 104 valence electrons. The molecule has 0 atom stereocenters. The van der Waals surface area contributed by atoms with Crippen molar-refractivity contribution in [3.05, 3.63) is 24.3 Å². The summed E-state index contributed by atoms with van der Waals surface area (Å²) in [4.78, 5) is 13.8. The van der Waals surface area contributed by atoms with Gasteiger partial charge in [-0.05, 0) is 43.5 Å². The van der Waals surface area contributed by atoms with E-state index in [1.807, 2.05) is 0 Å². The van der Waals surface area contributed by atoms with Crippen molar-refractivity contribution in [2.45, 2.75) is 24.2 Å². The van der Waals surface area contributed by atoms with E-state index in [0.717, 1.165) is 19.3 Å². The fraction of sp³-hybridized carbons (Fsp3) is 0.462. The van der Waals surface area contributed by atoms with E-state index >= 15 is 0 Å². The average Bonchev–Trinajstić information content (AvgIpc) is 2.40. The molecular weight excluding hydrogens is 264 g/mol. The zero-order valence-corrected chi connectivity index (χ0v) is 11.5. The van der Waals surface area contributed by atoms with Crippen molar-refractivity contribution in [3.8, 4) is 0 Å². The van der Waals surface area contributed by atoms with Crippen LogP contribution < -0.4 is 5.73 Å². The minimum atomic E-state index is -3.57. The van der Waals surface area contributed by atoms with E-state index in [1.165, 1.54) is 24.3 Å². The summed E-state index contributed by atoms with van der Waals surface area (Å²) in [5, 5.41) is 0. The minimum absolute atomic E-state index is 0.145.